The van der Waals surface area contributed by atoms with Crippen LogP contribution in [0, 0.1) is 28.1 Å². The quantitative estimate of drug-likeness (QED) is 0.131. The lowest BCUT2D eigenvalue weighted by Crippen LogP contribution is -2.81. The van der Waals surface area contributed by atoms with E-state index in [1.54, 1.807) is 48.5 Å². The molecule has 60 heavy (non-hydrogen) atoms. The van der Waals surface area contributed by atoms with Crippen molar-refractivity contribution in [1.82, 2.24) is 5.32 Å². The number of nitrogens with one attached hydrogen (secondary N) is 1. The van der Waals surface area contributed by atoms with Gasteiger partial charge in [-0.25, -0.2) is 14.4 Å². The molecule has 1 amide bonds. The molecule has 322 valence electrons. The molecular formula is C44H52N2O14. The second kappa shape index (κ2) is 16.0. The Kier molecular flexibility index (Phi) is 11.8. The molecule has 0 radical (unpaired) electrons. The number of ether oxygens (including phenoxy) is 5. The molecule has 2 aromatic carbocycles. The maximum absolute atomic E-state index is 15.0. The summed E-state index contributed by atoms with van der Waals surface area (Å²) in [5, 5.41) is 60.8. The molecule has 3 aliphatic carbocycles. The number of nitrogens with zero attached hydrogens (tertiary/aromatic N) is 1. The number of amides is 1. The van der Waals surface area contributed by atoms with Gasteiger partial charge in [0.1, 0.15) is 35.6 Å². The van der Waals surface area contributed by atoms with Gasteiger partial charge in [0.2, 0.25) is 0 Å². The van der Waals surface area contributed by atoms with Crippen molar-refractivity contribution >= 4 is 29.8 Å². The van der Waals surface area contributed by atoms with Crippen LogP contribution in [-0.2, 0) is 38.1 Å². The third-order valence-electron chi connectivity index (χ3n) is 13.0. The molecule has 2 aromatic rings. The van der Waals surface area contributed by atoms with Crippen LogP contribution in [0.2, 0.25) is 0 Å². The first-order valence-corrected chi connectivity index (χ1v) is 19.8. The minimum absolute atomic E-state index is 0.0659. The van der Waals surface area contributed by atoms with Gasteiger partial charge in [-0.2, -0.15) is 5.26 Å². The number of ketones is 1. The molecule has 2 saturated carbocycles. The number of carbonyl (C=O) groups excluding carboxylic acids is 5. The van der Waals surface area contributed by atoms with Crippen LogP contribution in [0.4, 0.5) is 4.79 Å². The number of nitriles is 1. The first kappa shape index (κ1) is 44.4. The zero-order chi connectivity index (χ0) is 44.2. The van der Waals surface area contributed by atoms with Gasteiger partial charge in [0.05, 0.1) is 48.1 Å². The number of aliphatic hydroxyl groups is 4. The number of esters is 3. The lowest BCUT2D eigenvalue weighted by molar-refractivity contribution is -0.346. The van der Waals surface area contributed by atoms with Gasteiger partial charge in [-0.1, -0.05) is 62.4 Å². The molecule has 0 aromatic heterocycles. The van der Waals surface area contributed by atoms with E-state index in [0.717, 1.165) is 6.92 Å². The summed E-state index contributed by atoms with van der Waals surface area (Å²) in [5.74, 6) is -5.48. The van der Waals surface area contributed by atoms with E-state index in [1.165, 1.54) is 53.7 Å². The highest BCUT2D eigenvalue weighted by Crippen LogP contribution is 2.64. The van der Waals surface area contributed by atoms with Gasteiger partial charge in [0, 0.05) is 25.2 Å². The molecular weight excluding hydrogens is 780 g/mol. The smallest absolute Gasteiger partial charge is 0.408 e. The van der Waals surface area contributed by atoms with E-state index >= 15 is 0 Å². The first-order chi connectivity index (χ1) is 28.1. The number of Topliss-reactive ketones (excluding diaryl/α,β-unsaturated/α-hetero) is 1. The molecule has 5 N–H and O–H groups in total. The van der Waals surface area contributed by atoms with E-state index in [1.807, 2.05) is 6.07 Å². The van der Waals surface area contributed by atoms with Gasteiger partial charge >= 0.3 is 24.0 Å². The Morgan fingerprint density at radius 2 is 1.63 bits per heavy atom. The number of fused-ring (bicyclic) bond motifs is 5. The Hall–Kier alpha value is -5.18. The van der Waals surface area contributed by atoms with Crippen molar-refractivity contribution in [3.63, 3.8) is 0 Å². The largest absolute Gasteiger partial charge is 0.456 e. The summed E-state index contributed by atoms with van der Waals surface area (Å²) >= 11 is 0. The van der Waals surface area contributed by atoms with Crippen molar-refractivity contribution in [1.29, 1.82) is 5.26 Å². The Balaban J connectivity index is 1.47. The van der Waals surface area contributed by atoms with Crippen LogP contribution in [0.5, 0.6) is 0 Å². The highest BCUT2D eigenvalue weighted by molar-refractivity contribution is 5.94. The van der Waals surface area contributed by atoms with E-state index in [-0.39, 0.29) is 41.7 Å². The fourth-order valence-corrected chi connectivity index (χ4v) is 9.76. The molecule has 1 aliphatic heterocycles. The normalized spacial score (nSPS) is 32.8. The molecule has 3 fully saturated rings. The van der Waals surface area contributed by atoms with Gasteiger partial charge in [-0.15, -0.1) is 0 Å². The van der Waals surface area contributed by atoms with Crippen molar-refractivity contribution in [2.75, 3.05) is 6.61 Å². The standard InChI is InChI=1S/C44H52N2O14/c1-23-27(57-38(53)33(50)31(25-14-10-8-11-15-25)46-39(54)60-40(3,4)18-19-45)21-44(55)36(58-37(52)26-16-12-9-13-17-26)34-42(7,35(51)32(49)30(23)41(44,5)6)28(48)20-29-43(34,22-56-29)59-24(2)47/h8-17,27-29,31-34,36,48-50,55H,18,20-22H2,1-7H3,(H,46,54)/t27-,28-,29+,31-,32+,33+,34-,36-,42+,43-,44+/m0/s1. The predicted molar refractivity (Wildman–Crippen MR) is 208 cm³/mol. The first-order valence-electron chi connectivity index (χ1n) is 19.8. The SMILES string of the molecule is CC(=O)O[C@@]12CO[C@@H]1C[C@H](O)[C@@]1(C)C(=O)[C@H](O)C3=C(C)[C@@H](OC(=O)[C@H](O)[C@@H](NC(=O)OC(C)(C)CC#N)c4ccccc4)C[C@@](O)([C@@H](OC(=O)c4ccccc4)[C@H]21)C3(C)C. The van der Waals surface area contributed by atoms with Crippen LogP contribution >= 0.6 is 0 Å². The molecule has 16 nitrogen and oxygen atoms in total. The number of hydrogen-bond acceptors (Lipinski definition) is 15. The van der Waals surface area contributed by atoms with E-state index < -0.39 is 112 Å². The number of hydrogen-bond donors (Lipinski definition) is 5. The number of rotatable bonds is 10. The molecule has 6 rings (SSSR count). The number of aliphatic hydroxyl groups excluding tert-OH is 3. The van der Waals surface area contributed by atoms with Crippen molar-refractivity contribution in [3.05, 3.63) is 82.9 Å². The third-order valence-corrected chi connectivity index (χ3v) is 13.0. The maximum Gasteiger partial charge on any atom is 0.408 e. The summed E-state index contributed by atoms with van der Waals surface area (Å²) in [7, 11) is 0. The van der Waals surface area contributed by atoms with E-state index in [9.17, 15) is 49.7 Å². The summed E-state index contributed by atoms with van der Waals surface area (Å²) in [6.45, 7) is 9.78. The van der Waals surface area contributed by atoms with E-state index in [0.29, 0.717) is 0 Å². The van der Waals surface area contributed by atoms with Gasteiger partial charge < -0.3 is 49.4 Å². The topological polar surface area (TPSA) is 248 Å². The zero-order valence-electron chi connectivity index (χ0n) is 34.5. The number of benzene rings is 2. The van der Waals surface area contributed by atoms with Crippen molar-refractivity contribution in [2.45, 2.75) is 127 Å². The van der Waals surface area contributed by atoms with Crippen LogP contribution in [0.3, 0.4) is 0 Å². The molecule has 0 spiro atoms. The van der Waals surface area contributed by atoms with Crippen LogP contribution in [0.15, 0.2) is 71.8 Å². The van der Waals surface area contributed by atoms with E-state index in [2.05, 4.69) is 5.32 Å². The minimum Gasteiger partial charge on any atom is -0.456 e. The summed E-state index contributed by atoms with van der Waals surface area (Å²) in [5.41, 5.74) is -8.66. The molecule has 2 bridgehead atoms. The van der Waals surface area contributed by atoms with Crippen molar-refractivity contribution in [2.24, 2.45) is 16.7 Å². The Morgan fingerprint density at radius 3 is 2.20 bits per heavy atom. The summed E-state index contributed by atoms with van der Waals surface area (Å²) in [6, 6.07) is 16.3. The van der Waals surface area contributed by atoms with E-state index in [4.69, 9.17) is 23.7 Å². The molecule has 1 heterocycles. The lowest BCUT2D eigenvalue weighted by atomic mass is 9.44. The fourth-order valence-electron chi connectivity index (χ4n) is 9.76. The van der Waals surface area contributed by atoms with Crippen molar-refractivity contribution in [3.8, 4) is 6.07 Å². The fraction of sp³-hybridized carbons (Fsp3) is 0.545. The highest BCUT2D eigenvalue weighted by atomic mass is 16.6. The molecule has 16 heteroatoms. The molecule has 11 atom stereocenters. The molecule has 1 saturated heterocycles. The maximum atomic E-state index is 15.0. The van der Waals surface area contributed by atoms with Crippen LogP contribution in [0.25, 0.3) is 0 Å². The van der Waals surface area contributed by atoms with Gasteiger partial charge in [-0.05, 0) is 56.5 Å². The lowest BCUT2D eigenvalue weighted by Gasteiger charge is -2.67. The van der Waals surface area contributed by atoms with Gasteiger partial charge in [0.25, 0.3) is 0 Å². The van der Waals surface area contributed by atoms with Crippen LogP contribution in [0.1, 0.15) is 89.7 Å². The highest BCUT2D eigenvalue weighted by Gasteiger charge is 2.78. The number of carbonyl (C=O) groups is 5. The van der Waals surface area contributed by atoms with Crippen molar-refractivity contribution < 1.29 is 68.1 Å². The Bertz CT molecular complexity index is 2100. The van der Waals surface area contributed by atoms with Gasteiger partial charge in [-0.3, -0.25) is 9.59 Å². The second-order valence-electron chi connectivity index (χ2n) is 17.6. The Morgan fingerprint density at radius 1 is 1.02 bits per heavy atom. The zero-order valence-corrected chi connectivity index (χ0v) is 34.5. The monoisotopic (exact) mass is 832 g/mol. The summed E-state index contributed by atoms with van der Waals surface area (Å²) < 4.78 is 29.5. The van der Waals surface area contributed by atoms with Crippen LogP contribution in [-0.4, -0.2) is 110 Å². The summed E-state index contributed by atoms with van der Waals surface area (Å²) in [6.07, 6.45) is -12.0. The van der Waals surface area contributed by atoms with Crippen LogP contribution < -0.4 is 5.32 Å². The second-order valence-corrected chi connectivity index (χ2v) is 17.6. The predicted octanol–water partition coefficient (Wildman–Crippen LogP) is 3.15. The average molecular weight is 833 g/mol. The summed E-state index contributed by atoms with van der Waals surface area (Å²) in [4.78, 5) is 69.2. The number of alkyl carbamates (subject to hydrolysis) is 1. The average Bonchev–Trinajstić information content (AvgIpc) is 3.18. The van der Waals surface area contributed by atoms with Gasteiger partial charge in [0.15, 0.2) is 17.5 Å². The Labute approximate surface area is 347 Å². The third kappa shape index (κ3) is 7.36. The molecule has 4 aliphatic rings. The molecule has 0 unspecified atom stereocenters. The minimum atomic E-state index is -2.38.